The van der Waals surface area contributed by atoms with Gasteiger partial charge in [0.15, 0.2) is 18.1 Å². The van der Waals surface area contributed by atoms with E-state index in [-0.39, 0.29) is 17.7 Å². The number of amides is 1. The Kier molecular flexibility index (Phi) is 7.26. The second-order valence-corrected chi connectivity index (χ2v) is 6.14. The number of carbonyl (C=O) groups excluding carboxylic acids is 1. The van der Waals surface area contributed by atoms with Crippen molar-refractivity contribution in [2.24, 2.45) is 0 Å². The molecule has 28 heavy (non-hydrogen) atoms. The van der Waals surface area contributed by atoms with E-state index in [9.17, 15) is 9.59 Å². The molecule has 1 unspecified atom stereocenters. The topological polar surface area (TPSA) is 85.3 Å². The molecule has 0 radical (unpaired) electrons. The van der Waals surface area contributed by atoms with Crippen LogP contribution in [0.4, 0.5) is 0 Å². The van der Waals surface area contributed by atoms with Gasteiger partial charge < -0.3 is 24.2 Å². The Bertz CT molecular complexity index is 818. The fourth-order valence-corrected chi connectivity index (χ4v) is 2.65. The maximum absolute atomic E-state index is 12.9. The van der Waals surface area contributed by atoms with E-state index < -0.39 is 12.6 Å². The Balaban J connectivity index is 2.20. The monoisotopic (exact) mass is 387 g/mol. The minimum atomic E-state index is -1.09. The number of carboxylic acids is 1. The summed E-state index contributed by atoms with van der Waals surface area (Å²) in [5.41, 5.74) is 1.40. The summed E-state index contributed by atoms with van der Waals surface area (Å²) in [6.45, 7) is 3.61. The van der Waals surface area contributed by atoms with Gasteiger partial charge in [-0.3, -0.25) is 4.79 Å². The Hall–Kier alpha value is -3.22. The van der Waals surface area contributed by atoms with Crippen molar-refractivity contribution in [3.05, 3.63) is 53.6 Å². The van der Waals surface area contributed by atoms with Crippen LogP contribution in [0, 0.1) is 0 Å². The maximum atomic E-state index is 12.9. The molecule has 150 valence electrons. The van der Waals surface area contributed by atoms with Crippen molar-refractivity contribution < 1.29 is 28.9 Å². The summed E-state index contributed by atoms with van der Waals surface area (Å²) in [7, 11) is 3.33. The molecule has 0 aliphatic rings. The number of hydrogen-bond acceptors (Lipinski definition) is 5. The van der Waals surface area contributed by atoms with Crippen molar-refractivity contribution in [3.8, 4) is 17.2 Å². The van der Waals surface area contributed by atoms with Crippen LogP contribution in [-0.4, -0.2) is 49.3 Å². The zero-order valence-corrected chi connectivity index (χ0v) is 16.5. The lowest BCUT2D eigenvalue weighted by Crippen LogP contribution is -2.29. The van der Waals surface area contributed by atoms with Crippen LogP contribution in [0.1, 0.15) is 35.8 Å². The summed E-state index contributed by atoms with van der Waals surface area (Å²) in [6, 6.07) is 12.1. The predicted molar refractivity (Wildman–Crippen MR) is 104 cm³/mol. The van der Waals surface area contributed by atoms with Crippen LogP contribution in [0.25, 0.3) is 0 Å². The highest BCUT2D eigenvalue weighted by Gasteiger charge is 2.21. The molecule has 0 aromatic heterocycles. The maximum Gasteiger partial charge on any atom is 0.341 e. The van der Waals surface area contributed by atoms with Gasteiger partial charge in [-0.05, 0) is 49.7 Å². The van der Waals surface area contributed by atoms with Crippen LogP contribution >= 0.6 is 0 Å². The highest BCUT2D eigenvalue weighted by molar-refractivity contribution is 5.95. The van der Waals surface area contributed by atoms with E-state index in [2.05, 4.69) is 0 Å². The first-order chi connectivity index (χ1) is 13.4. The molecule has 1 atom stereocenters. The molecule has 7 heteroatoms. The highest BCUT2D eigenvalue weighted by atomic mass is 16.5. The molecule has 0 heterocycles. The third kappa shape index (κ3) is 5.16. The SMILES string of the molecule is CCOc1cc(C(=O)N(C)C(C)c2ccc(OC)cc2)ccc1OCC(=O)O. The Morgan fingerprint density at radius 2 is 1.75 bits per heavy atom. The average molecular weight is 387 g/mol. The molecule has 1 amide bonds. The number of hydrogen-bond donors (Lipinski definition) is 1. The van der Waals surface area contributed by atoms with Crippen molar-refractivity contribution in [1.82, 2.24) is 4.90 Å². The molecule has 0 aliphatic carbocycles. The normalized spacial score (nSPS) is 11.4. The minimum Gasteiger partial charge on any atom is -0.497 e. The lowest BCUT2D eigenvalue weighted by molar-refractivity contribution is -0.139. The summed E-state index contributed by atoms with van der Waals surface area (Å²) in [5, 5.41) is 8.78. The highest BCUT2D eigenvalue weighted by Crippen LogP contribution is 2.30. The van der Waals surface area contributed by atoms with Gasteiger partial charge in [-0.2, -0.15) is 0 Å². The molecule has 0 fully saturated rings. The Morgan fingerprint density at radius 3 is 2.32 bits per heavy atom. The van der Waals surface area contributed by atoms with E-state index in [1.807, 2.05) is 31.2 Å². The number of methoxy groups -OCH3 is 1. The van der Waals surface area contributed by atoms with Crippen LogP contribution in [0.3, 0.4) is 0 Å². The third-order valence-electron chi connectivity index (χ3n) is 4.34. The summed E-state index contributed by atoms with van der Waals surface area (Å²) in [5.74, 6) is 0.0969. The molecule has 0 saturated carbocycles. The number of carbonyl (C=O) groups is 2. The Morgan fingerprint density at radius 1 is 1.07 bits per heavy atom. The number of carboxylic acid groups (broad SMARTS) is 1. The zero-order valence-electron chi connectivity index (χ0n) is 16.5. The van der Waals surface area contributed by atoms with Crippen molar-refractivity contribution in [3.63, 3.8) is 0 Å². The van der Waals surface area contributed by atoms with Gasteiger partial charge in [0.25, 0.3) is 5.91 Å². The van der Waals surface area contributed by atoms with Gasteiger partial charge >= 0.3 is 5.97 Å². The molecule has 0 spiro atoms. The summed E-state index contributed by atoms with van der Waals surface area (Å²) < 4.78 is 15.9. The molecule has 0 aliphatic heterocycles. The van der Waals surface area contributed by atoms with E-state index in [1.165, 1.54) is 0 Å². The molecule has 2 rings (SSSR count). The minimum absolute atomic E-state index is 0.156. The second-order valence-electron chi connectivity index (χ2n) is 6.14. The number of nitrogens with zero attached hydrogens (tertiary/aromatic N) is 1. The number of rotatable bonds is 9. The van der Waals surface area contributed by atoms with Crippen LogP contribution in [0.15, 0.2) is 42.5 Å². The van der Waals surface area contributed by atoms with Crippen LogP contribution in [-0.2, 0) is 4.79 Å². The smallest absolute Gasteiger partial charge is 0.341 e. The van der Waals surface area contributed by atoms with Crippen LogP contribution in [0.2, 0.25) is 0 Å². The number of aliphatic carboxylic acids is 1. The molecule has 2 aromatic carbocycles. The van der Waals surface area contributed by atoms with Crippen molar-refractivity contribution in [2.75, 3.05) is 27.4 Å². The first-order valence-corrected chi connectivity index (χ1v) is 8.89. The van der Waals surface area contributed by atoms with Crippen LogP contribution < -0.4 is 14.2 Å². The molecular weight excluding hydrogens is 362 g/mol. The zero-order chi connectivity index (χ0) is 20.7. The number of ether oxygens (including phenoxy) is 3. The van der Waals surface area contributed by atoms with Gasteiger partial charge in [-0.1, -0.05) is 12.1 Å². The lowest BCUT2D eigenvalue weighted by Gasteiger charge is -2.26. The van der Waals surface area contributed by atoms with Gasteiger partial charge in [-0.25, -0.2) is 4.79 Å². The van der Waals surface area contributed by atoms with E-state index >= 15 is 0 Å². The quantitative estimate of drug-likeness (QED) is 0.710. The van der Waals surface area contributed by atoms with Gasteiger partial charge in [-0.15, -0.1) is 0 Å². The van der Waals surface area contributed by atoms with E-state index in [1.54, 1.807) is 44.2 Å². The first-order valence-electron chi connectivity index (χ1n) is 8.89. The molecule has 2 aromatic rings. The van der Waals surface area contributed by atoms with Gasteiger partial charge in [0.1, 0.15) is 5.75 Å². The summed E-state index contributed by atoms with van der Waals surface area (Å²) in [4.78, 5) is 25.3. The van der Waals surface area contributed by atoms with Gasteiger partial charge in [0.2, 0.25) is 0 Å². The van der Waals surface area contributed by atoms with E-state index in [0.717, 1.165) is 11.3 Å². The van der Waals surface area contributed by atoms with E-state index in [4.69, 9.17) is 19.3 Å². The Labute approximate surface area is 164 Å². The number of benzene rings is 2. The third-order valence-corrected chi connectivity index (χ3v) is 4.34. The van der Waals surface area contributed by atoms with Crippen molar-refractivity contribution in [2.45, 2.75) is 19.9 Å². The van der Waals surface area contributed by atoms with Gasteiger partial charge in [0, 0.05) is 12.6 Å². The van der Waals surface area contributed by atoms with Crippen molar-refractivity contribution in [1.29, 1.82) is 0 Å². The summed E-state index contributed by atoms with van der Waals surface area (Å²) >= 11 is 0. The fourth-order valence-electron chi connectivity index (χ4n) is 2.65. The van der Waals surface area contributed by atoms with Crippen molar-refractivity contribution >= 4 is 11.9 Å². The average Bonchev–Trinajstić information content (AvgIpc) is 2.71. The lowest BCUT2D eigenvalue weighted by atomic mass is 10.1. The summed E-state index contributed by atoms with van der Waals surface area (Å²) in [6.07, 6.45) is 0. The standard InChI is InChI=1S/C21H25NO6/c1-5-27-19-12-16(8-11-18(19)28-13-20(23)24)21(25)22(3)14(2)15-6-9-17(26-4)10-7-15/h6-12,14H,5,13H2,1-4H3,(H,23,24). The molecule has 1 N–H and O–H groups in total. The fraction of sp³-hybridized carbons (Fsp3) is 0.333. The largest absolute Gasteiger partial charge is 0.497 e. The van der Waals surface area contributed by atoms with Gasteiger partial charge in [0.05, 0.1) is 19.8 Å². The molecule has 0 bridgehead atoms. The second kappa shape index (κ2) is 9.64. The first kappa shape index (κ1) is 21.1. The predicted octanol–water partition coefficient (Wildman–Crippen LogP) is 3.39. The van der Waals surface area contributed by atoms with E-state index in [0.29, 0.717) is 17.9 Å². The van der Waals surface area contributed by atoms with Crippen LogP contribution in [0.5, 0.6) is 17.2 Å². The molecule has 0 saturated heterocycles. The molecular formula is C21H25NO6. The molecule has 7 nitrogen and oxygen atoms in total.